The van der Waals surface area contributed by atoms with E-state index >= 15 is 0 Å². The Morgan fingerprint density at radius 1 is 1.20 bits per heavy atom. The van der Waals surface area contributed by atoms with E-state index in [9.17, 15) is 18.3 Å². The third kappa shape index (κ3) is 3.78. The quantitative estimate of drug-likeness (QED) is 0.856. The summed E-state index contributed by atoms with van der Waals surface area (Å²) >= 11 is 0. The molecule has 0 saturated carbocycles. The first-order valence-corrected chi connectivity index (χ1v) is 7.54. The van der Waals surface area contributed by atoms with E-state index in [4.69, 9.17) is 0 Å². The first-order chi connectivity index (χ1) is 9.16. The zero-order valence-electron chi connectivity index (χ0n) is 12.1. The van der Waals surface area contributed by atoms with E-state index < -0.39 is 16.1 Å². The van der Waals surface area contributed by atoms with E-state index in [0.29, 0.717) is 5.56 Å². The van der Waals surface area contributed by atoms with Gasteiger partial charge in [-0.2, -0.15) is 4.31 Å². The average molecular weight is 300 g/mol. The number of amides is 1. The van der Waals surface area contributed by atoms with Crippen LogP contribution in [-0.4, -0.2) is 56.3 Å². The number of carbonyl (C=O) groups excluding carboxylic acids is 1. The summed E-state index contributed by atoms with van der Waals surface area (Å²) in [5, 5.41) is 9.40. The Hall–Kier alpha value is -1.44. The van der Waals surface area contributed by atoms with E-state index in [1.165, 1.54) is 24.1 Å². The van der Waals surface area contributed by atoms with Crippen molar-refractivity contribution in [3.63, 3.8) is 0 Å². The molecule has 0 fully saturated rings. The molecule has 0 aromatic heterocycles. The number of nitrogens with zero attached hydrogens (tertiary/aromatic N) is 2. The second kappa shape index (κ2) is 6.34. The molecular formula is C13H20N2O4S. The number of sulfonamides is 1. The smallest absolute Gasteiger partial charge is 0.243 e. The van der Waals surface area contributed by atoms with Crippen molar-refractivity contribution in [1.82, 2.24) is 9.21 Å². The summed E-state index contributed by atoms with van der Waals surface area (Å²) in [5.41, 5.74) is 0.635. The van der Waals surface area contributed by atoms with Crippen LogP contribution in [0.4, 0.5) is 0 Å². The largest absolute Gasteiger partial charge is 0.389 e. The lowest BCUT2D eigenvalue weighted by Gasteiger charge is -2.19. The van der Waals surface area contributed by atoms with Crippen molar-refractivity contribution in [2.24, 2.45) is 0 Å². The Morgan fingerprint density at radius 2 is 1.70 bits per heavy atom. The van der Waals surface area contributed by atoms with Gasteiger partial charge in [0.15, 0.2) is 0 Å². The summed E-state index contributed by atoms with van der Waals surface area (Å²) in [7, 11) is 0.794. The Balaban J connectivity index is 2.95. The first kappa shape index (κ1) is 16.6. The second-order valence-corrected chi connectivity index (χ2v) is 6.84. The highest BCUT2D eigenvalue weighted by Crippen LogP contribution is 2.18. The fourth-order valence-corrected chi connectivity index (χ4v) is 2.64. The van der Waals surface area contributed by atoms with Crippen molar-refractivity contribution in [2.75, 3.05) is 27.7 Å². The standard InChI is InChI=1S/C13H20N2O4S/c1-10(16)11-5-7-12(8-6-11)20(18,19)15(4)9-13(17)14(2)3/h5-8,10,16H,9H2,1-4H3. The normalized spacial score (nSPS) is 13.3. The fraction of sp³-hybridized carbons (Fsp3) is 0.462. The molecule has 20 heavy (non-hydrogen) atoms. The molecule has 1 aromatic carbocycles. The number of aliphatic hydroxyl groups excluding tert-OH is 1. The highest BCUT2D eigenvalue weighted by Gasteiger charge is 2.23. The van der Waals surface area contributed by atoms with Crippen LogP contribution in [-0.2, 0) is 14.8 Å². The molecular weight excluding hydrogens is 280 g/mol. The minimum Gasteiger partial charge on any atom is -0.389 e. The predicted molar refractivity (Wildman–Crippen MR) is 75.6 cm³/mol. The number of carbonyl (C=O) groups is 1. The van der Waals surface area contributed by atoms with Gasteiger partial charge in [-0.3, -0.25) is 4.79 Å². The zero-order chi connectivity index (χ0) is 15.5. The van der Waals surface area contributed by atoms with Crippen LogP contribution in [0, 0.1) is 0 Å². The maximum atomic E-state index is 12.3. The van der Waals surface area contributed by atoms with Crippen molar-refractivity contribution in [3.05, 3.63) is 29.8 Å². The monoisotopic (exact) mass is 300 g/mol. The lowest BCUT2D eigenvalue weighted by molar-refractivity contribution is -0.128. The molecule has 1 atom stereocenters. The Kier molecular flexibility index (Phi) is 5.27. The van der Waals surface area contributed by atoms with Gasteiger partial charge in [0.25, 0.3) is 0 Å². The molecule has 1 aromatic rings. The Bertz CT molecular complexity index is 565. The van der Waals surface area contributed by atoms with Crippen LogP contribution in [0.2, 0.25) is 0 Å². The van der Waals surface area contributed by atoms with E-state index in [2.05, 4.69) is 0 Å². The van der Waals surface area contributed by atoms with Gasteiger partial charge in [-0.25, -0.2) is 8.42 Å². The van der Waals surface area contributed by atoms with Gasteiger partial charge in [0, 0.05) is 21.1 Å². The summed E-state index contributed by atoms with van der Waals surface area (Å²) in [5.74, 6) is -0.295. The number of rotatable bonds is 5. The highest BCUT2D eigenvalue weighted by atomic mass is 32.2. The third-order valence-electron chi connectivity index (χ3n) is 2.93. The maximum absolute atomic E-state index is 12.3. The van der Waals surface area contributed by atoms with E-state index in [1.807, 2.05) is 0 Å². The van der Waals surface area contributed by atoms with Crippen LogP contribution in [0.25, 0.3) is 0 Å². The van der Waals surface area contributed by atoms with Gasteiger partial charge in [0.05, 0.1) is 17.5 Å². The molecule has 7 heteroatoms. The molecule has 1 N–H and O–H groups in total. The zero-order valence-corrected chi connectivity index (χ0v) is 12.9. The van der Waals surface area contributed by atoms with Gasteiger partial charge >= 0.3 is 0 Å². The topological polar surface area (TPSA) is 77.9 Å². The van der Waals surface area contributed by atoms with Gasteiger partial charge in [0.1, 0.15) is 0 Å². The summed E-state index contributed by atoms with van der Waals surface area (Å²) in [6.45, 7) is 1.39. The van der Waals surface area contributed by atoms with Gasteiger partial charge < -0.3 is 10.0 Å². The van der Waals surface area contributed by atoms with Gasteiger partial charge in [-0.05, 0) is 24.6 Å². The maximum Gasteiger partial charge on any atom is 0.243 e. The van der Waals surface area contributed by atoms with E-state index in [1.54, 1.807) is 33.2 Å². The lowest BCUT2D eigenvalue weighted by atomic mass is 10.1. The van der Waals surface area contributed by atoms with Crippen LogP contribution in [0.15, 0.2) is 29.2 Å². The molecule has 1 amide bonds. The Morgan fingerprint density at radius 3 is 2.10 bits per heavy atom. The first-order valence-electron chi connectivity index (χ1n) is 6.10. The summed E-state index contributed by atoms with van der Waals surface area (Å²) in [4.78, 5) is 13.0. The fourth-order valence-electron chi connectivity index (χ4n) is 1.52. The van der Waals surface area contributed by atoms with E-state index in [0.717, 1.165) is 4.31 Å². The number of benzene rings is 1. The van der Waals surface area contributed by atoms with E-state index in [-0.39, 0.29) is 17.3 Å². The van der Waals surface area contributed by atoms with Crippen molar-refractivity contribution < 1.29 is 18.3 Å². The molecule has 0 aliphatic rings. The van der Waals surface area contributed by atoms with Crippen LogP contribution < -0.4 is 0 Å². The second-order valence-electron chi connectivity index (χ2n) is 4.79. The SMILES string of the molecule is CC(O)c1ccc(S(=O)(=O)N(C)CC(=O)N(C)C)cc1. The molecule has 0 aliphatic heterocycles. The van der Waals surface area contributed by atoms with Crippen LogP contribution in [0.3, 0.4) is 0 Å². The molecule has 0 heterocycles. The van der Waals surface area contributed by atoms with Crippen molar-refractivity contribution in [2.45, 2.75) is 17.9 Å². The lowest BCUT2D eigenvalue weighted by Crippen LogP contribution is -2.37. The van der Waals surface area contributed by atoms with Crippen molar-refractivity contribution in [3.8, 4) is 0 Å². The average Bonchev–Trinajstić information content (AvgIpc) is 2.38. The summed E-state index contributed by atoms with van der Waals surface area (Å²) in [6.07, 6.45) is -0.653. The van der Waals surface area contributed by atoms with Gasteiger partial charge in [0.2, 0.25) is 15.9 Å². The molecule has 6 nitrogen and oxygen atoms in total. The molecule has 112 valence electrons. The molecule has 0 bridgehead atoms. The summed E-state index contributed by atoms with van der Waals surface area (Å²) < 4.78 is 25.5. The van der Waals surface area contributed by atoms with Crippen LogP contribution in [0.1, 0.15) is 18.6 Å². The minimum atomic E-state index is -3.71. The molecule has 1 rings (SSSR count). The predicted octanol–water partition coefficient (Wildman–Crippen LogP) is 0.449. The number of hydrogen-bond acceptors (Lipinski definition) is 4. The minimum absolute atomic E-state index is 0.0935. The third-order valence-corrected chi connectivity index (χ3v) is 4.75. The molecule has 0 spiro atoms. The highest BCUT2D eigenvalue weighted by molar-refractivity contribution is 7.89. The van der Waals surface area contributed by atoms with Gasteiger partial charge in [-0.1, -0.05) is 12.1 Å². The molecule has 0 aliphatic carbocycles. The number of likely N-dealkylation sites (N-methyl/N-ethyl adjacent to an activating group) is 2. The van der Waals surface area contributed by atoms with Crippen molar-refractivity contribution >= 4 is 15.9 Å². The van der Waals surface area contributed by atoms with Crippen LogP contribution >= 0.6 is 0 Å². The Labute approximate surface area is 119 Å². The van der Waals surface area contributed by atoms with Crippen LogP contribution in [0.5, 0.6) is 0 Å². The molecule has 1 unspecified atom stereocenters. The molecule has 0 radical (unpaired) electrons. The summed E-state index contributed by atoms with van der Waals surface area (Å²) in [6, 6.07) is 5.96. The number of hydrogen-bond donors (Lipinski definition) is 1. The van der Waals surface area contributed by atoms with Gasteiger partial charge in [-0.15, -0.1) is 0 Å². The number of aliphatic hydroxyl groups is 1. The van der Waals surface area contributed by atoms with Crippen molar-refractivity contribution in [1.29, 1.82) is 0 Å². The molecule has 0 saturated heterocycles.